The Hall–Kier alpha value is -2.44. The van der Waals surface area contributed by atoms with Gasteiger partial charge < -0.3 is 24.6 Å². The van der Waals surface area contributed by atoms with E-state index in [2.05, 4.69) is 5.32 Å². The van der Waals surface area contributed by atoms with Crippen molar-refractivity contribution in [3.8, 4) is 11.5 Å². The first kappa shape index (κ1) is 15.1. The number of rotatable bonds is 2. The minimum Gasteiger partial charge on any atom is -0.486 e. The molecule has 0 unspecified atom stereocenters. The molecule has 3 aliphatic rings. The first-order valence-corrected chi connectivity index (χ1v) is 8.46. The van der Waals surface area contributed by atoms with Gasteiger partial charge in [0.1, 0.15) is 13.2 Å². The number of carbonyl (C=O) groups is 2. The minimum absolute atomic E-state index is 0.0124. The molecule has 2 fully saturated rings. The van der Waals surface area contributed by atoms with E-state index in [1.54, 1.807) is 4.90 Å². The van der Waals surface area contributed by atoms with Crippen LogP contribution < -0.4 is 19.7 Å². The summed E-state index contributed by atoms with van der Waals surface area (Å²) < 4.78 is 11.1. The van der Waals surface area contributed by atoms with Crippen molar-refractivity contribution in [3.05, 3.63) is 18.2 Å². The number of benzene rings is 1. The summed E-state index contributed by atoms with van der Waals surface area (Å²) in [4.78, 5) is 28.1. The lowest BCUT2D eigenvalue weighted by molar-refractivity contribution is -0.117. The van der Waals surface area contributed by atoms with E-state index in [9.17, 15) is 9.59 Å². The lowest BCUT2D eigenvalue weighted by atomic mass is 10.2. The van der Waals surface area contributed by atoms with Gasteiger partial charge in [-0.3, -0.25) is 4.79 Å². The van der Waals surface area contributed by atoms with Gasteiger partial charge in [0.25, 0.3) is 0 Å². The summed E-state index contributed by atoms with van der Waals surface area (Å²) in [6, 6.07) is 5.30. The average molecular weight is 331 g/mol. The molecule has 0 bridgehead atoms. The zero-order valence-electron chi connectivity index (χ0n) is 13.5. The molecule has 1 atom stereocenters. The molecular formula is C17H21N3O4. The second-order valence-corrected chi connectivity index (χ2v) is 6.38. The number of fused-ring (bicyclic) bond motifs is 1. The number of carbonyl (C=O) groups excluding carboxylic acids is 2. The third kappa shape index (κ3) is 2.86. The quantitative estimate of drug-likeness (QED) is 0.888. The maximum absolute atomic E-state index is 12.3. The number of urea groups is 1. The topological polar surface area (TPSA) is 71.1 Å². The van der Waals surface area contributed by atoms with Crippen molar-refractivity contribution in [1.82, 2.24) is 10.2 Å². The van der Waals surface area contributed by atoms with Crippen LogP contribution in [0.15, 0.2) is 18.2 Å². The highest BCUT2D eigenvalue weighted by Gasteiger charge is 2.33. The van der Waals surface area contributed by atoms with Crippen LogP contribution in [0.4, 0.5) is 10.5 Å². The Balaban J connectivity index is 1.43. The number of nitrogens with one attached hydrogen (secondary N) is 1. The second-order valence-electron chi connectivity index (χ2n) is 6.38. The molecule has 0 aromatic heterocycles. The van der Waals surface area contributed by atoms with E-state index in [-0.39, 0.29) is 18.0 Å². The van der Waals surface area contributed by atoms with Crippen LogP contribution in [-0.4, -0.2) is 55.7 Å². The van der Waals surface area contributed by atoms with E-state index >= 15 is 0 Å². The number of hydrogen-bond acceptors (Lipinski definition) is 4. The predicted molar refractivity (Wildman–Crippen MR) is 87.5 cm³/mol. The second kappa shape index (κ2) is 6.22. The normalized spacial score (nSPS) is 22.8. The summed E-state index contributed by atoms with van der Waals surface area (Å²) in [5.74, 6) is 1.38. The molecule has 1 N–H and O–H groups in total. The number of amides is 3. The van der Waals surface area contributed by atoms with E-state index in [0.717, 1.165) is 31.6 Å². The van der Waals surface area contributed by atoms with E-state index in [1.165, 1.54) is 0 Å². The Morgan fingerprint density at radius 3 is 2.67 bits per heavy atom. The number of anilines is 1. The maximum atomic E-state index is 12.3. The van der Waals surface area contributed by atoms with Crippen LogP contribution in [-0.2, 0) is 4.79 Å². The average Bonchev–Trinajstić information content (AvgIpc) is 3.24. The summed E-state index contributed by atoms with van der Waals surface area (Å²) in [5.41, 5.74) is 0.780. The molecule has 128 valence electrons. The van der Waals surface area contributed by atoms with Gasteiger partial charge in [-0.1, -0.05) is 0 Å². The first-order valence-electron chi connectivity index (χ1n) is 8.46. The van der Waals surface area contributed by atoms with Crippen molar-refractivity contribution < 1.29 is 19.1 Å². The van der Waals surface area contributed by atoms with Gasteiger partial charge in [-0.2, -0.15) is 0 Å². The summed E-state index contributed by atoms with van der Waals surface area (Å²) in [6.45, 7) is 3.15. The fourth-order valence-corrected chi connectivity index (χ4v) is 3.44. The largest absolute Gasteiger partial charge is 0.486 e. The molecule has 3 heterocycles. The van der Waals surface area contributed by atoms with Gasteiger partial charge >= 0.3 is 6.03 Å². The summed E-state index contributed by atoms with van der Waals surface area (Å²) in [5, 5.41) is 2.98. The van der Waals surface area contributed by atoms with Crippen LogP contribution in [0.25, 0.3) is 0 Å². The third-order valence-electron chi connectivity index (χ3n) is 4.68. The standard InChI is InChI=1S/C17H21N3O4/c21-16-9-12(18-17(22)19-5-1-2-6-19)11-20(16)13-3-4-14-15(10-13)24-8-7-23-14/h3-4,10,12H,1-2,5-9,11H2,(H,18,22)/t12-/m0/s1. The highest BCUT2D eigenvalue weighted by molar-refractivity contribution is 5.97. The van der Waals surface area contributed by atoms with E-state index < -0.39 is 0 Å². The molecule has 4 rings (SSSR count). The monoisotopic (exact) mass is 331 g/mol. The van der Waals surface area contributed by atoms with Crippen LogP contribution in [0, 0.1) is 0 Å². The van der Waals surface area contributed by atoms with Crippen molar-refractivity contribution >= 4 is 17.6 Å². The van der Waals surface area contributed by atoms with Crippen LogP contribution in [0.1, 0.15) is 19.3 Å². The van der Waals surface area contributed by atoms with Crippen LogP contribution in [0.5, 0.6) is 11.5 Å². The molecule has 0 aliphatic carbocycles. The van der Waals surface area contributed by atoms with Crippen LogP contribution >= 0.6 is 0 Å². The summed E-state index contributed by atoms with van der Waals surface area (Å²) >= 11 is 0. The predicted octanol–water partition coefficient (Wildman–Crippen LogP) is 1.37. The molecule has 7 nitrogen and oxygen atoms in total. The van der Waals surface area contributed by atoms with E-state index in [1.807, 2.05) is 23.1 Å². The molecule has 0 saturated carbocycles. The van der Waals surface area contributed by atoms with Gasteiger partial charge in [0.05, 0.1) is 6.04 Å². The molecule has 1 aromatic carbocycles. The number of ether oxygens (including phenoxy) is 2. The Bertz CT molecular complexity index is 657. The maximum Gasteiger partial charge on any atom is 0.317 e. The van der Waals surface area contributed by atoms with E-state index in [0.29, 0.717) is 37.7 Å². The summed E-state index contributed by atoms with van der Waals surface area (Å²) in [7, 11) is 0. The third-order valence-corrected chi connectivity index (χ3v) is 4.68. The molecule has 2 saturated heterocycles. The first-order chi connectivity index (χ1) is 11.7. The van der Waals surface area contributed by atoms with Gasteiger partial charge in [0.2, 0.25) is 5.91 Å². The zero-order valence-corrected chi connectivity index (χ0v) is 13.5. The Morgan fingerprint density at radius 2 is 1.88 bits per heavy atom. The van der Waals surface area contributed by atoms with Crippen molar-refractivity contribution in [3.63, 3.8) is 0 Å². The molecule has 0 radical (unpaired) electrons. The smallest absolute Gasteiger partial charge is 0.317 e. The number of nitrogens with zero attached hydrogens (tertiary/aromatic N) is 2. The van der Waals surface area contributed by atoms with Crippen LogP contribution in [0.3, 0.4) is 0 Å². The molecule has 3 aliphatic heterocycles. The van der Waals surface area contributed by atoms with Crippen molar-refractivity contribution in [2.75, 3.05) is 37.7 Å². The number of likely N-dealkylation sites (tertiary alicyclic amines) is 1. The molecular weight excluding hydrogens is 310 g/mol. The minimum atomic E-state index is -0.154. The molecule has 3 amide bonds. The van der Waals surface area contributed by atoms with Gasteiger partial charge in [0, 0.05) is 37.8 Å². The number of hydrogen-bond donors (Lipinski definition) is 1. The fourth-order valence-electron chi connectivity index (χ4n) is 3.44. The molecule has 0 spiro atoms. The highest BCUT2D eigenvalue weighted by Crippen LogP contribution is 2.35. The lowest BCUT2D eigenvalue weighted by Crippen LogP contribution is -2.44. The van der Waals surface area contributed by atoms with E-state index in [4.69, 9.17) is 9.47 Å². The summed E-state index contributed by atoms with van der Waals surface area (Å²) in [6.07, 6.45) is 2.44. The molecule has 24 heavy (non-hydrogen) atoms. The van der Waals surface area contributed by atoms with Gasteiger partial charge in [-0.15, -0.1) is 0 Å². The highest BCUT2D eigenvalue weighted by atomic mass is 16.6. The van der Waals surface area contributed by atoms with Crippen molar-refractivity contribution in [2.45, 2.75) is 25.3 Å². The van der Waals surface area contributed by atoms with Gasteiger partial charge in [-0.25, -0.2) is 4.79 Å². The Kier molecular flexibility index (Phi) is 3.92. The zero-order chi connectivity index (χ0) is 16.5. The Morgan fingerprint density at radius 1 is 1.12 bits per heavy atom. The molecule has 7 heteroatoms. The SMILES string of the molecule is O=C(N[C@H]1CC(=O)N(c2ccc3c(c2)OCCO3)C1)N1CCCC1. The fraction of sp³-hybridized carbons (Fsp3) is 0.529. The van der Waals surface area contributed by atoms with Crippen LogP contribution in [0.2, 0.25) is 0 Å². The van der Waals surface area contributed by atoms with Gasteiger partial charge in [0.15, 0.2) is 11.5 Å². The Labute approximate surface area is 140 Å². The lowest BCUT2D eigenvalue weighted by Gasteiger charge is -2.23. The molecule has 1 aromatic rings. The van der Waals surface area contributed by atoms with Gasteiger partial charge in [-0.05, 0) is 25.0 Å². The van der Waals surface area contributed by atoms with Crippen molar-refractivity contribution in [2.24, 2.45) is 0 Å². The van der Waals surface area contributed by atoms with Crippen molar-refractivity contribution in [1.29, 1.82) is 0 Å².